The summed E-state index contributed by atoms with van der Waals surface area (Å²) in [6, 6.07) is 9.10. The van der Waals surface area contributed by atoms with Crippen LogP contribution in [0.2, 0.25) is 0 Å². The van der Waals surface area contributed by atoms with E-state index in [-0.39, 0.29) is 11.3 Å². The topological polar surface area (TPSA) is 99.8 Å². The van der Waals surface area contributed by atoms with E-state index in [2.05, 4.69) is 5.32 Å². The van der Waals surface area contributed by atoms with Gasteiger partial charge >= 0.3 is 12.0 Å². The standard InChI is InChI=1S/C16H12N2O5/c1-18-14(19)12(17-16(18)22)8-11-6-7-13(23-11)9-2-4-10(5-3-9)15(20)21/h2-8H,1H3,(H,17,22)(H,20,21). The minimum absolute atomic E-state index is 0.139. The van der Waals surface area contributed by atoms with Crippen LogP contribution in [0.25, 0.3) is 17.4 Å². The summed E-state index contributed by atoms with van der Waals surface area (Å²) in [5, 5.41) is 11.3. The van der Waals surface area contributed by atoms with Crippen LogP contribution in [0, 0.1) is 0 Å². The predicted molar refractivity (Wildman–Crippen MR) is 80.4 cm³/mol. The first-order chi connectivity index (χ1) is 11.0. The van der Waals surface area contributed by atoms with Crippen molar-refractivity contribution in [1.82, 2.24) is 10.2 Å². The molecule has 0 bridgehead atoms. The molecule has 0 saturated carbocycles. The highest BCUT2D eigenvalue weighted by Gasteiger charge is 2.30. The molecular formula is C16H12N2O5. The number of nitrogens with one attached hydrogen (secondary N) is 1. The Morgan fingerprint density at radius 3 is 2.43 bits per heavy atom. The lowest BCUT2D eigenvalue weighted by atomic mass is 10.1. The van der Waals surface area contributed by atoms with Crippen LogP contribution in [0.5, 0.6) is 0 Å². The molecule has 2 N–H and O–H groups in total. The van der Waals surface area contributed by atoms with E-state index in [1.165, 1.54) is 25.3 Å². The molecule has 1 saturated heterocycles. The number of carboxylic acid groups (broad SMARTS) is 1. The molecule has 0 aliphatic carbocycles. The smallest absolute Gasteiger partial charge is 0.335 e. The summed E-state index contributed by atoms with van der Waals surface area (Å²) in [6.45, 7) is 0. The SMILES string of the molecule is CN1C(=O)NC(=Cc2ccc(-c3ccc(C(=O)O)cc3)o2)C1=O. The summed E-state index contributed by atoms with van der Waals surface area (Å²) < 4.78 is 5.60. The monoisotopic (exact) mass is 312 g/mol. The zero-order chi connectivity index (χ0) is 16.6. The molecule has 7 heteroatoms. The number of imide groups is 1. The number of urea groups is 1. The Kier molecular flexibility index (Phi) is 3.46. The van der Waals surface area contributed by atoms with Crippen LogP contribution in [0.3, 0.4) is 0 Å². The fourth-order valence-electron chi connectivity index (χ4n) is 2.13. The normalized spacial score (nSPS) is 16.0. The van der Waals surface area contributed by atoms with Crippen molar-refractivity contribution in [1.29, 1.82) is 0 Å². The Labute approximate surface area is 130 Å². The lowest BCUT2D eigenvalue weighted by Crippen LogP contribution is -2.25. The number of furan rings is 1. The molecular weight excluding hydrogens is 300 g/mol. The van der Waals surface area contributed by atoms with E-state index < -0.39 is 17.9 Å². The van der Waals surface area contributed by atoms with Gasteiger partial charge in [-0.3, -0.25) is 9.69 Å². The molecule has 0 unspecified atom stereocenters. The highest BCUT2D eigenvalue weighted by atomic mass is 16.4. The van der Waals surface area contributed by atoms with Crippen LogP contribution in [0.1, 0.15) is 16.1 Å². The summed E-state index contributed by atoms with van der Waals surface area (Å²) in [6.07, 6.45) is 1.44. The van der Waals surface area contributed by atoms with E-state index in [0.717, 1.165) is 4.90 Å². The Bertz CT molecular complexity index is 832. The van der Waals surface area contributed by atoms with Gasteiger partial charge in [-0.1, -0.05) is 12.1 Å². The van der Waals surface area contributed by atoms with Crippen LogP contribution in [0.15, 0.2) is 46.5 Å². The van der Waals surface area contributed by atoms with E-state index in [9.17, 15) is 14.4 Å². The number of rotatable bonds is 3. The van der Waals surface area contributed by atoms with Crippen LogP contribution in [-0.2, 0) is 4.79 Å². The van der Waals surface area contributed by atoms with Crippen molar-refractivity contribution in [2.24, 2.45) is 0 Å². The van der Waals surface area contributed by atoms with Gasteiger partial charge in [0.25, 0.3) is 5.91 Å². The molecule has 0 atom stereocenters. The Hall–Kier alpha value is -3.35. The Morgan fingerprint density at radius 2 is 1.87 bits per heavy atom. The number of likely N-dealkylation sites (N-methyl/N-ethyl adjacent to an activating group) is 1. The number of hydrogen-bond acceptors (Lipinski definition) is 4. The minimum Gasteiger partial charge on any atom is -0.478 e. The quantitative estimate of drug-likeness (QED) is 0.668. The third-order valence-electron chi connectivity index (χ3n) is 3.41. The van der Waals surface area contributed by atoms with E-state index in [1.807, 2.05) is 0 Å². The van der Waals surface area contributed by atoms with Crippen molar-refractivity contribution in [2.75, 3.05) is 7.05 Å². The fourth-order valence-corrected chi connectivity index (χ4v) is 2.13. The van der Waals surface area contributed by atoms with E-state index in [1.54, 1.807) is 24.3 Å². The first kappa shape index (κ1) is 14.6. The lowest BCUT2D eigenvalue weighted by molar-refractivity contribution is -0.121. The van der Waals surface area contributed by atoms with Crippen molar-refractivity contribution in [3.8, 4) is 11.3 Å². The molecule has 1 aliphatic rings. The molecule has 0 spiro atoms. The second-order valence-corrected chi connectivity index (χ2v) is 4.94. The van der Waals surface area contributed by atoms with Gasteiger partial charge in [-0.05, 0) is 24.3 Å². The van der Waals surface area contributed by atoms with Crippen molar-refractivity contribution in [2.45, 2.75) is 0 Å². The van der Waals surface area contributed by atoms with Gasteiger partial charge in [-0.2, -0.15) is 0 Å². The molecule has 2 aromatic rings. The summed E-state index contributed by atoms with van der Waals surface area (Å²) in [7, 11) is 1.38. The molecule has 1 aromatic carbocycles. The van der Waals surface area contributed by atoms with Gasteiger partial charge in [0, 0.05) is 18.7 Å². The lowest BCUT2D eigenvalue weighted by Gasteiger charge is -1.99. The number of hydrogen-bond donors (Lipinski definition) is 2. The number of carboxylic acids is 1. The van der Waals surface area contributed by atoms with Crippen molar-refractivity contribution >= 4 is 24.0 Å². The van der Waals surface area contributed by atoms with Crippen molar-refractivity contribution in [3.05, 3.63) is 53.4 Å². The Morgan fingerprint density at radius 1 is 1.17 bits per heavy atom. The number of carbonyl (C=O) groups is 3. The average Bonchev–Trinajstić information content (AvgIpc) is 3.09. The van der Waals surface area contributed by atoms with Gasteiger partial charge in [0.05, 0.1) is 5.56 Å². The predicted octanol–water partition coefficient (Wildman–Crippen LogP) is 2.17. The highest BCUT2D eigenvalue weighted by Crippen LogP contribution is 2.24. The van der Waals surface area contributed by atoms with Crippen molar-refractivity contribution in [3.63, 3.8) is 0 Å². The number of carbonyl (C=O) groups excluding carboxylic acids is 2. The maximum Gasteiger partial charge on any atom is 0.335 e. The first-order valence-electron chi connectivity index (χ1n) is 6.70. The van der Waals surface area contributed by atoms with Gasteiger partial charge in [0.2, 0.25) is 0 Å². The Balaban J connectivity index is 1.85. The maximum atomic E-state index is 11.8. The highest BCUT2D eigenvalue weighted by molar-refractivity contribution is 6.13. The largest absolute Gasteiger partial charge is 0.478 e. The zero-order valence-corrected chi connectivity index (χ0v) is 12.1. The summed E-state index contributed by atoms with van der Waals surface area (Å²) in [5.41, 5.74) is 1.03. The van der Waals surface area contributed by atoms with Crippen LogP contribution in [0.4, 0.5) is 4.79 Å². The summed E-state index contributed by atoms with van der Waals surface area (Å²) in [5.74, 6) is -0.500. The molecule has 116 valence electrons. The van der Waals surface area contributed by atoms with Crippen molar-refractivity contribution < 1.29 is 23.9 Å². The molecule has 0 radical (unpaired) electrons. The number of nitrogens with zero attached hydrogens (tertiary/aromatic N) is 1. The van der Waals surface area contributed by atoms with Gasteiger partial charge < -0.3 is 14.8 Å². The molecule has 7 nitrogen and oxygen atoms in total. The zero-order valence-electron chi connectivity index (χ0n) is 12.1. The molecule has 1 aliphatic heterocycles. The number of aromatic carboxylic acids is 1. The fraction of sp³-hybridized carbons (Fsp3) is 0.0625. The molecule has 1 aromatic heterocycles. The minimum atomic E-state index is -0.999. The van der Waals surface area contributed by atoms with Gasteiger partial charge in [0.1, 0.15) is 17.2 Å². The van der Waals surface area contributed by atoms with Gasteiger partial charge in [-0.25, -0.2) is 9.59 Å². The third kappa shape index (κ3) is 2.71. The number of benzene rings is 1. The van der Waals surface area contributed by atoms with Crippen LogP contribution >= 0.6 is 0 Å². The maximum absolute atomic E-state index is 11.8. The molecule has 3 rings (SSSR count). The van der Waals surface area contributed by atoms with E-state index in [4.69, 9.17) is 9.52 Å². The van der Waals surface area contributed by atoms with Gasteiger partial charge in [0.15, 0.2) is 0 Å². The average molecular weight is 312 g/mol. The molecule has 3 amide bonds. The first-order valence-corrected chi connectivity index (χ1v) is 6.70. The van der Waals surface area contributed by atoms with Gasteiger partial charge in [-0.15, -0.1) is 0 Å². The molecule has 2 heterocycles. The summed E-state index contributed by atoms with van der Waals surface area (Å²) >= 11 is 0. The number of amides is 3. The second kappa shape index (κ2) is 5.45. The summed E-state index contributed by atoms with van der Waals surface area (Å²) in [4.78, 5) is 34.9. The van der Waals surface area contributed by atoms with Crippen LogP contribution in [-0.4, -0.2) is 35.0 Å². The molecule has 1 fully saturated rings. The van der Waals surface area contributed by atoms with E-state index in [0.29, 0.717) is 17.1 Å². The second-order valence-electron chi connectivity index (χ2n) is 4.94. The molecule has 23 heavy (non-hydrogen) atoms. The van der Waals surface area contributed by atoms with E-state index >= 15 is 0 Å². The van der Waals surface area contributed by atoms with Crippen LogP contribution < -0.4 is 5.32 Å². The third-order valence-corrected chi connectivity index (χ3v) is 3.41.